The largest absolute Gasteiger partial charge is 0.466 e. The first-order valence-electron chi connectivity index (χ1n) is 5.08. The number of hydrogen-bond donors (Lipinski definition) is 0. The molecule has 0 saturated carbocycles. The summed E-state index contributed by atoms with van der Waals surface area (Å²) in [6.07, 6.45) is 0.303. The van der Waals surface area contributed by atoms with Crippen LogP contribution in [-0.2, 0) is 19.1 Å². The van der Waals surface area contributed by atoms with Crippen molar-refractivity contribution in [1.82, 2.24) is 0 Å². The van der Waals surface area contributed by atoms with Crippen molar-refractivity contribution in [2.45, 2.75) is 47.1 Å². The highest BCUT2D eigenvalue weighted by molar-refractivity contribution is 5.75. The van der Waals surface area contributed by atoms with Crippen molar-refractivity contribution in [3.05, 3.63) is 0 Å². The lowest BCUT2D eigenvalue weighted by Crippen LogP contribution is -2.27. The van der Waals surface area contributed by atoms with E-state index in [1.807, 2.05) is 0 Å². The standard InChI is InChI=1S/C11H20O4/c1-8(6-7-14-9(2)12)15-10(13)11(3,4)5/h8H,6-7H2,1-5H3. The van der Waals surface area contributed by atoms with Gasteiger partial charge in [-0.3, -0.25) is 9.59 Å². The van der Waals surface area contributed by atoms with Crippen LogP contribution in [0.15, 0.2) is 0 Å². The molecule has 0 aliphatic rings. The van der Waals surface area contributed by atoms with E-state index < -0.39 is 5.41 Å². The van der Waals surface area contributed by atoms with Crippen LogP contribution in [0.4, 0.5) is 0 Å². The van der Waals surface area contributed by atoms with Crippen molar-refractivity contribution >= 4 is 11.9 Å². The molecule has 0 bridgehead atoms. The lowest BCUT2D eigenvalue weighted by atomic mass is 9.97. The number of esters is 2. The minimum absolute atomic E-state index is 0.226. The zero-order valence-corrected chi connectivity index (χ0v) is 10.1. The van der Waals surface area contributed by atoms with E-state index in [2.05, 4.69) is 0 Å². The quantitative estimate of drug-likeness (QED) is 0.674. The third kappa shape index (κ3) is 6.94. The van der Waals surface area contributed by atoms with Crippen LogP contribution in [0, 0.1) is 5.41 Å². The minimum Gasteiger partial charge on any atom is -0.466 e. The van der Waals surface area contributed by atoms with Gasteiger partial charge in [-0.2, -0.15) is 0 Å². The summed E-state index contributed by atoms with van der Waals surface area (Å²) in [5.74, 6) is -0.554. The summed E-state index contributed by atoms with van der Waals surface area (Å²) in [4.78, 5) is 21.9. The van der Waals surface area contributed by atoms with Crippen molar-refractivity contribution in [3.8, 4) is 0 Å². The van der Waals surface area contributed by atoms with Gasteiger partial charge in [0.25, 0.3) is 0 Å². The Hall–Kier alpha value is -1.06. The second kappa shape index (κ2) is 5.73. The molecule has 0 amide bonds. The molecule has 0 rings (SSSR count). The molecule has 4 nitrogen and oxygen atoms in total. The van der Waals surface area contributed by atoms with Gasteiger partial charge in [-0.1, -0.05) is 0 Å². The average Bonchev–Trinajstić information content (AvgIpc) is 2.01. The van der Waals surface area contributed by atoms with E-state index in [4.69, 9.17) is 9.47 Å². The molecule has 15 heavy (non-hydrogen) atoms. The Kier molecular flexibility index (Phi) is 5.33. The molecule has 88 valence electrons. The van der Waals surface area contributed by atoms with Crippen molar-refractivity contribution in [2.24, 2.45) is 5.41 Å². The fourth-order valence-corrected chi connectivity index (χ4v) is 0.787. The zero-order valence-electron chi connectivity index (χ0n) is 10.1. The molecule has 0 fully saturated rings. The number of ether oxygens (including phenoxy) is 2. The number of rotatable bonds is 4. The Balaban J connectivity index is 3.79. The molecule has 1 unspecified atom stereocenters. The molecule has 0 radical (unpaired) electrons. The second-order valence-electron chi connectivity index (χ2n) is 4.59. The summed E-state index contributed by atoms with van der Waals surface area (Å²) in [6.45, 7) is 8.82. The number of carbonyl (C=O) groups excluding carboxylic acids is 2. The highest BCUT2D eigenvalue weighted by Crippen LogP contribution is 2.16. The Morgan fingerprint density at radius 3 is 2.20 bits per heavy atom. The molecule has 0 aliphatic heterocycles. The summed E-state index contributed by atoms with van der Waals surface area (Å²) < 4.78 is 9.92. The molecule has 0 N–H and O–H groups in total. The van der Waals surface area contributed by atoms with E-state index >= 15 is 0 Å². The van der Waals surface area contributed by atoms with Crippen molar-refractivity contribution in [2.75, 3.05) is 6.61 Å². The van der Waals surface area contributed by atoms with Crippen molar-refractivity contribution in [3.63, 3.8) is 0 Å². The van der Waals surface area contributed by atoms with E-state index in [9.17, 15) is 9.59 Å². The maximum atomic E-state index is 11.4. The van der Waals surface area contributed by atoms with Gasteiger partial charge in [0.05, 0.1) is 12.0 Å². The van der Waals surface area contributed by atoms with Gasteiger partial charge in [-0.05, 0) is 27.7 Å². The van der Waals surface area contributed by atoms with E-state index in [0.717, 1.165) is 0 Å². The van der Waals surface area contributed by atoms with E-state index in [0.29, 0.717) is 6.42 Å². The highest BCUT2D eigenvalue weighted by Gasteiger charge is 2.24. The molecule has 4 heteroatoms. The van der Waals surface area contributed by atoms with Gasteiger partial charge in [0.2, 0.25) is 0 Å². The predicted molar refractivity (Wildman–Crippen MR) is 56.3 cm³/mol. The van der Waals surface area contributed by atoms with E-state index in [1.165, 1.54) is 6.92 Å². The topological polar surface area (TPSA) is 52.6 Å². The molecular formula is C11H20O4. The third-order valence-corrected chi connectivity index (χ3v) is 1.75. The molecule has 0 aromatic rings. The summed E-state index contributed by atoms with van der Waals surface area (Å²) in [7, 11) is 0. The lowest BCUT2D eigenvalue weighted by molar-refractivity contribution is -0.158. The molecule has 0 saturated heterocycles. The second-order valence-corrected chi connectivity index (χ2v) is 4.59. The van der Waals surface area contributed by atoms with Crippen LogP contribution in [0.3, 0.4) is 0 Å². The Labute approximate surface area is 90.9 Å². The minimum atomic E-state index is -0.490. The van der Waals surface area contributed by atoms with Gasteiger partial charge in [-0.25, -0.2) is 0 Å². The summed E-state index contributed by atoms with van der Waals surface area (Å²) >= 11 is 0. The Bertz CT molecular complexity index is 227. The first-order chi connectivity index (χ1) is 6.73. The van der Waals surface area contributed by atoms with Gasteiger partial charge in [0.15, 0.2) is 0 Å². The normalized spacial score (nSPS) is 13.1. The SMILES string of the molecule is CC(=O)OCCC(C)OC(=O)C(C)(C)C. The van der Waals surface area contributed by atoms with Gasteiger partial charge in [-0.15, -0.1) is 0 Å². The first-order valence-corrected chi connectivity index (χ1v) is 5.08. The van der Waals surface area contributed by atoms with Gasteiger partial charge in [0, 0.05) is 13.3 Å². The van der Waals surface area contributed by atoms with E-state index in [-0.39, 0.29) is 24.6 Å². The number of hydrogen-bond acceptors (Lipinski definition) is 4. The molecule has 0 aromatic carbocycles. The van der Waals surface area contributed by atoms with Gasteiger partial charge in [0.1, 0.15) is 6.10 Å². The summed E-state index contributed by atoms with van der Waals surface area (Å²) in [6, 6.07) is 0. The smallest absolute Gasteiger partial charge is 0.311 e. The Morgan fingerprint density at radius 1 is 1.27 bits per heavy atom. The molecule has 0 spiro atoms. The van der Waals surface area contributed by atoms with Gasteiger partial charge < -0.3 is 9.47 Å². The van der Waals surface area contributed by atoms with Crippen LogP contribution >= 0.6 is 0 Å². The summed E-state index contributed by atoms with van der Waals surface area (Å²) in [5, 5.41) is 0. The van der Waals surface area contributed by atoms with Crippen LogP contribution in [0.2, 0.25) is 0 Å². The fraction of sp³-hybridized carbons (Fsp3) is 0.818. The van der Waals surface area contributed by atoms with Crippen LogP contribution in [0.25, 0.3) is 0 Å². The maximum absolute atomic E-state index is 11.4. The first kappa shape index (κ1) is 13.9. The number of carbonyl (C=O) groups is 2. The van der Waals surface area contributed by atoms with E-state index in [1.54, 1.807) is 27.7 Å². The highest BCUT2D eigenvalue weighted by atomic mass is 16.6. The zero-order chi connectivity index (χ0) is 12.1. The molecular weight excluding hydrogens is 196 g/mol. The van der Waals surface area contributed by atoms with Crippen LogP contribution in [0.1, 0.15) is 41.0 Å². The molecule has 0 heterocycles. The van der Waals surface area contributed by atoms with Crippen molar-refractivity contribution in [1.29, 1.82) is 0 Å². The third-order valence-electron chi connectivity index (χ3n) is 1.75. The summed E-state index contributed by atoms with van der Waals surface area (Å²) in [5.41, 5.74) is -0.490. The lowest BCUT2D eigenvalue weighted by Gasteiger charge is -2.20. The van der Waals surface area contributed by atoms with Gasteiger partial charge >= 0.3 is 11.9 Å². The Morgan fingerprint density at radius 2 is 1.80 bits per heavy atom. The van der Waals surface area contributed by atoms with Crippen LogP contribution in [0.5, 0.6) is 0 Å². The molecule has 0 aliphatic carbocycles. The molecule has 0 aromatic heterocycles. The fourth-order valence-electron chi connectivity index (χ4n) is 0.787. The van der Waals surface area contributed by atoms with Crippen LogP contribution < -0.4 is 0 Å². The predicted octanol–water partition coefficient (Wildman–Crippen LogP) is 1.92. The average molecular weight is 216 g/mol. The van der Waals surface area contributed by atoms with Crippen molar-refractivity contribution < 1.29 is 19.1 Å². The maximum Gasteiger partial charge on any atom is 0.311 e. The van der Waals surface area contributed by atoms with Crippen LogP contribution in [-0.4, -0.2) is 24.6 Å². The molecule has 1 atom stereocenters. The monoisotopic (exact) mass is 216 g/mol.